The van der Waals surface area contributed by atoms with Gasteiger partial charge in [-0.05, 0) is 11.6 Å². The van der Waals surface area contributed by atoms with Crippen LogP contribution in [0.3, 0.4) is 0 Å². The first-order chi connectivity index (χ1) is 8.59. The highest BCUT2D eigenvalue weighted by Crippen LogP contribution is 2.27. The lowest BCUT2D eigenvalue weighted by Gasteiger charge is -2.05. The van der Waals surface area contributed by atoms with Crippen LogP contribution >= 0.6 is 11.6 Å². The molecular formula is C15H11ClO2. The highest BCUT2D eigenvalue weighted by atomic mass is 35.5. The Kier molecular flexibility index (Phi) is 3.58. The van der Waals surface area contributed by atoms with E-state index in [1.807, 2.05) is 24.3 Å². The van der Waals surface area contributed by atoms with Crippen LogP contribution in [-0.2, 0) is 4.79 Å². The molecule has 0 amide bonds. The number of carbonyl (C=O) groups is 2. The van der Waals surface area contributed by atoms with Crippen molar-refractivity contribution in [3.63, 3.8) is 0 Å². The topological polar surface area (TPSA) is 34.1 Å². The minimum atomic E-state index is -0.472. The smallest absolute Gasteiger partial charge is 0.228 e. The molecule has 0 N–H and O–H groups in total. The number of rotatable bonds is 3. The Morgan fingerprint density at radius 3 is 2.11 bits per heavy atom. The third-order valence-electron chi connectivity index (χ3n) is 2.65. The maximum absolute atomic E-state index is 11.5. The molecule has 2 rings (SSSR count). The largest absolute Gasteiger partial charge is 0.291 e. The summed E-state index contributed by atoms with van der Waals surface area (Å²) in [5.74, 6) is -0.929. The predicted octanol–water partition coefficient (Wildman–Crippen LogP) is 3.78. The van der Waals surface area contributed by atoms with Crippen molar-refractivity contribution in [1.29, 1.82) is 0 Å². The van der Waals surface area contributed by atoms with E-state index >= 15 is 0 Å². The van der Waals surface area contributed by atoms with Crippen LogP contribution in [0.15, 0.2) is 48.5 Å². The highest BCUT2D eigenvalue weighted by Gasteiger charge is 2.11. The molecule has 2 aromatic rings. The summed E-state index contributed by atoms with van der Waals surface area (Å²) in [7, 11) is 0. The van der Waals surface area contributed by atoms with Crippen molar-refractivity contribution in [2.24, 2.45) is 0 Å². The van der Waals surface area contributed by atoms with Gasteiger partial charge in [0.25, 0.3) is 0 Å². The summed E-state index contributed by atoms with van der Waals surface area (Å²) in [6.45, 7) is 1.27. The molecule has 0 aromatic heterocycles. The summed E-state index contributed by atoms with van der Waals surface area (Å²) in [6.07, 6.45) is 0. The lowest BCUT2D eigenvalue weighted by molar-refractivity contribution is -0.113. The molecule has 0 unspecified atom stereocenters. The van der Waals surface area contributed by atoms with Gasteiger partial charge in [0.2, 0.25) is 5.78 Å². The van der Waals surface area contributed by atoms with Gasteiger partial charge < -0.3 is 0 Å². The van der Waals surface area contributed by atoms with Crippen molar-refractivity contribution >= 4 is 23.2 Å². The van der Waals surface area contributed by atoms with E-state index in [1.165, 1.54) is 6.92 Å². The minimum Gasteiger partial charge on any atom is -0.291 e. The molecule has 0 aliphatic heterocycles. The number of hydrogen-bond acceptors (Lipinski definition) is 2. The summed E-state index contributed by atoms with van der Waals surface area (Å²) < 4.78 is 0. The van der Waals surface area contributed by atoms with Gasteiger partial charge >= 0.3 is 0 Å². The van der Waals surface area contributed by atoms with Crippen LogP contribution in [0.4, 0.5) is 0 Å². The van der Waals surface area contributed by atoms with E-state index in [0.29, 0.717) is 10.6 Å². The molecule has 0 saturated heterocycles. The van der Waals surface area contributed by atoms with Crippen molar-refractivity contribution in [1.82, 2.24) is 0 Å². The number of carbonyl (C=O) groups excluding carboxylic acids is 2. The molecule has 0 fully saturated rings. The van der Waals surface area contributed by atoms with Crippen molar-refractivity contribution in [3.05, 3.63) is 59.1 Å². The third-order valence-corrected chi connectivity index (χ3v) is 2.98. The number of Topliss-reactive ketones (excluding diaryl/α,β-unsaturated/α-hetero) is 2. The molecule has 0 spiro atoms. The second-order valence-electron chi connectivity index (χ2n) is 3.94. The van der Waals surface area contributed by atoms with Crippen LogP contribution in [0.25, 0.3) is 11.1 Å². The van der Waals surface area contributed by atoms with E-state index in [4.69, 9.17) is 11.6 Å². The Labute approximate surface area is 110 Å². The molecule has 3 heteroatoms. The number of hydrogen-bond donors (Lipinski definition) is 0. The fraction of sp³-hybridized carbons (Fsp3) is 0.0667. The second-order valence-corrected chi connectivity index (χ2v) is 4.35. The average molecular weight is 259 g/mol. The molecule has 0 aliphatic rings. The fourth-order valence-corrected chi connectivity index (χ4v) is 1.94. The van der Waals surface area contributed by atoms with Gasteiger partial charge in [0.15, 0.2) is 5.78 Å². The molecule has 0 radical (unpaired) electrons. The van der Waals surface area contributed by atoms with Crippen molar-refractivity contribution in [3.8, 4) is 11.1 Å². The summed E-state index contributed by atoms with van der Waals surface area (Å²) in [4.78, 5) is 22.5. The first-order valence-electron chi connectivity index (χ1n) is 5.50. The molecule has 2 aromatic carbocycles. The molecule has 0 saturated carbocycles. The molecule has 18 heavy (non-hydrogen) atoms. The second kappa shape index (κ2) is 5.15. The van der Waals surface area contributed by atoms with Crippen molar-refractivity contribution in [2.45, 2.75) is 6.92 Å². The third kappa shape index (κ3) is 2.49. The first-order valence-corrected chi connectivity index (χ1v) is 5.87. The molecule has 0 bridgehead atoms. The van der Waals surface area contributed by atoms with Crippen molar-refractivity contribution < 1.29 is 9.59 Å². The zero-order valence-electron chi connectivity index (χ0n) is 9.81. The number of benzene rings is 2. The van der Waals surface area contributed by atoms with Gasteiger partial charge in [-0.1, -0.05) is 54.1 Å². The van der Waals surface area contributed by atoms with E-state index in [-0.39, 0.29) is 0 Å². The Morgan fingerprint density at radius 1 is 0.944 bits per heavy atom. The summed E-state index contributed by atoms with van der Waals surface area (Å²) in [6, 6.07) is 14.3. The summed E-state index contributed by atoms with van der Waals surface area (Å²) in [5.41, 5.74) is 2.22. The SMILES string of the molecule is CC(=O)C(=O)c1ccc(-c2ccccc2Cl)cc1. The quantitative estimate of drug-likeness (QED) is 0.620. The van der Waals surface area contributed by atoms with Gasteiger partial charge in [0, 0.05) is 23.1 Å². The van der Waals surface area contributed by atoms with Crippen LogP contribution in [0.1, 0.15) is 17.3 Å². The maximum Gasteiger partial charge on any atom is 0.228 e. The standard InChI is InChI=1S/C15H11ClO2/c1-10(17)15(18)12-8-6-11(7-9-12)13-4-2-3-5-14(13)16/h2-9H,1H3. The lowest BCUT2D eigenvalue weighted by atomic mass is 10.0. The van der Waals surface area contributed by atoms with Gasteiger partial charge in [0.1, 0.15) is 0 Å². The van der Waals surface area contributed by atoms with Crippen LogP contribution in [-0.4, -0.2) is 11.6 Å². The Bertz CT molecular complexity index is 600. The lowest BCUT2D eigenvalue weighted by Crippen LogP contribution is -2.09. The summed E-state index contributed by atoms with van der Waals surface area (Å²) >= 11 is 6.09. The van der Waals surface area contributed by atoms with Gasteiger partial charge in [-0.15, -0.1) is 0 Å². The van der Waals surface area contributed by atoms with Gasteiger partial charge in [0.05, 0.1) is 0 Å². The average Bonchev–Trinajstić information content (AvgIpc) is 2.38. The zero-order valence-corrected chi connectivity index (χ0v) is 10.6. The Hall–Kier alpha value is -1.93. The van der Waals surface area contributed by atoms with Crippen LogP contribution < -0.4 is 0 Å². The summed E-state index contributed by atoms with van der Waals surface area (Å²) in [5, 5.41) is 0.656. The van der Waals surface area contributed by atoms with Gasteiger partial charge in [-0.3, -0.25) is 9.59 Å². The predicted molar refractivity (Wildman–Crippen MR) is 71.9 cm³/mol. The van der Waals surface area contributed by atoms with E-state index in [2.05, 4.69) is 0 Å². The molecule has 90 valence electrons. The monoisotopic (exact) mass is 258 g/mol. The molecule has 0 atom stereocenters. The van der Waals surface area contributed by atoms with E-state index in [1.54, 1.807) is 24.3 Å². The van der Waals surface area contributed by atoms with E-state index in [0.717, 1.165) is 11.1 Å². The zero-order chi connectivity index (χ0) is 13.1. The van der Waals surface area contributed by atoms with E-state index in [9.17, 15) is 9.59 Å². The van der Waals surface area contributed by atoms with Gasteiger partial charge in [-0.2, -0.15) is 0 Å². The number of halogens is 1. The maximum atomic E-state index is 11.5. The molecule has 2 nitrogen and oxygen atoms in total. The molecular weight excluding hydrogens is 248 g/mol. The highest BCUT2D eigenvalue weighted by molar-refractivity contribution is 6.42. The van der Waals surface area contributed by atoms with Crippen LogP contribution in [0, 0.1) is 0 Å². The van der Waals surface area contributed by atoms with Crippen LogP contribution in [0.5, 0.6) is 0 Å². The Morgan fingerprint density at radius 2 is 1.56 bits per heavy atom. The van der Waals surface area contributed by atoms with E-state index < -0.39 is 11.6 Å². The van der Waals surface area contributed by atoms with Crippen LogP contribution in [0.2, 0.25) is 5.02 Å². The number of ketones is 2. The Balaban J connectivity index is 2.37. The normalized spacial score (nSPS) is 10.1. The minimum absolute atomic E-state index is 0.401. The fourth-order valence-electron chi connectivity index (χ4n) is 1.70. The van der Waals surface area contributed by atoms with Gasteiger partial charge in [-0.25, -0.2) is 0 Å². The van der Waals surface area contributed by atoms with Crippen molar-refractivity contribution in [2.75, 3.05) is 0 Å². The molecule has 0 aliphatic carbocycles. The molecule has 0 heterocycles. The first kappa shape index (κ1) is 12.5.